The quantitative estimate of drug-likeness (QED) is 0.234. The molecule has 1 saturated carbocycles. The van der Waals surface area contributed by atoms with E-state index in [2.05, 4.69) is 0 Å². The van der Waals surface area contributed by atoms with Crippen molar-refractivity contribution in [1.29, 1.82) is 0 Å². The van der Waals surface area contributed by atoms with Gasteiger partial charge in [0, 0.05) is 11.1 Å². The lowest BCUT2D eigenvalue weighted by Gasteiger charge is -2.51. The first-order chi connectivity index (χ1) is 16.4. The van der Waals surface area contributed by atoms with Crippen LogP contribution in [-0.2, 0) is 0 Å². The van der Waals surface area contributed by atoms with E-state index in [-0.39, 0.29) is 0 Å². The van der Waals surface area contributed by atoms with Crippen molar-refractivity contribution in [1.82, 2.24) is 0 Å². The SMILES string of the molecule is ClC1(Cl)C(=C(c2ccccc2)c2ccccc2)C(=C(c2ccccc2)c2ccccc2)C1(Cl)Cl. The first-order valence-corrected chi connectivity index (χ1v) is 12.4. The number of benzene rings is 4. The molecule has 4 heteroatoms. The van der Waals surface area contributed by atoms with Crippen molar-refractivity contribution in [2.75, 3.05) is 0 Å². The lowest BCUT2D eigenvalue weighted by atomic mass is 9.72. The number of allylic oxidation sites excluding steroid dienone is 2. The Labute approximate surface area is 220 Å². The van der Waals surface area contributed by atoms with Gasteiger partial charge < -0.3 is 0 Å². The molecule has 1 aliphatic rings. The fraction of sp³-hybridized carbons (Fsp3) is 0.0667. The zero-order valence-corrected chi connectivity index (χ0v) is 21.1. The molecule has 4 aromatic rings. The Morgan fingerprint density at radius 2 is 0.559 bits per heavy atom. The second kappa shape index (κ2) is 9.29. The summed E-state index contributed by atoms with van der Waals surface area (Å²) in [5.41, 5.74) is 7.16. The van der Waals surface area contributed by atoms with Crippen molar-refractivity contribution in [3.8, 4) is 0 Å². The molecule has 1 fully saturated rings. The van der Waals surface area contributed by atoms with Gasteiger partial charge in [-0.15, -0.1) is 0 Å². The summed E-state index contributed by atoms with van der Waals surface area (Å²) in [6.45, 7) is 0. The highest BCUT2D eigenvalue weighted by Crippen LogP contribution is 2.68. The Balaban J connectivity index is 1.93. The third-order valence-electron chi connectivity index (χ3n) is 6.02. The molecule has 0 heterocycles. The van der Waals surface area contributed by atoms with E-state index in [4.69, 9.17) is 46.4 Å². The Morgan fingerprint density at radius 3 is 0.765 bits per heavy atom. The minimum atomic E-state index is -1.53. The van der Waals surface area contributed by atoms with Gasteiger partial charge in [0.15, 0.2) is 8.67 Å². The first kappa shape index (κ1) is 23.3. The largest absolute Gasteiger partial charge is 0.181 e. The van der Waals surface area contributed by atoms with E-state index >= 15 is 0 Å². The predicted molar refractivity (Wildman–Crippen MR) is 147 cm³/mol. The van der Waals surface area contributed by atoms with E-state index in [1.165, 1.54) is 0 Å². The van der Waals surface area contributed by atoms with Crippen molar-refractivity contribution in [2.24, 2.45) is 0 Å². The molecule has 4 aromatic carbocycles. The number of hydrogen-bond acceptors (Lipinski definition) is 0. The summed E-state index contributed by atoms with van der Waals surface area (Å²) in [6.07, 6.45) is 0. The molecule has 0 spiro atoms. The summed E-state index contributed by atoms with van der Waals surface area (Å²) >= 11 is 27.9. The Morgan fingerprint density at radius 1 is 0.353 bits per heavy atom. The monoisotopic (exact) mass is 520 g/mol. The first-order valence-electron chi connectivity index (χ1n) is 10.9. The van der Waals surface area contributed by atoms with Crippen LogP contribution in [0.4, 0.5) is 0 Å². The van der Waals surface area contributed by atoms with Crippen LogP contribution < -0.4 is 0 Å². The van der Waals surface area contributed by atoms with Crippen molar-refractivity contribution >= 4 is 57.5 Å². The lowest BCUT2D eigenvalue weighted by molar-refractivity contribution is 0.721. The lowest BCUT2D eigenvalue weighted by Crippen LogP contribution is -2.53. The van der Waals surface area contributed by atoms with Gasteiger partial charge in [0.1, 0.15) is 0 Å². The van der Waals surface area contributed by atoms with Gasteiger partial charge in [-0.3, -0.25) is 0 Å². The van der Waals surface area contributed by atoms with Crippen molar-refractivity contribution < 1.29 is 0 Å². The summed E-state index contributed by atoms with van der Waals surface area (Å²) < 4.78 is -3.05. The molecule has 0 amide bonds. The Kier molecular flexibility index (Phi) is 6.35. The highest BCUT2D eigenvalue weighted by atomic mass is 35.5. The van der Waals surface area contributed by atoms with Gasteiger partial charge in [0.05, 0.1) is 0 Å². The average Bonchev–Trinajstić information content (AvgIpc) is 2.88. The minimum Gasteiger partial charge on any atom is -0.0925 e. The zero-order valence-electron chi connectivity index (χ0n) is 18.1. The van der Waals surface area contributed by atoms with Crippen LogP contribution in [0, 0.1) is 0 Å². The van der Waals surface area contributed by atoms with Gasteiger partial charge in [0.2, 0.25) is 0 Å². The summed E-state index contributed by atoms with van der Waals surface area (Å²) in [7, 11) is 0. The second-order valence-electron chi connectivity index (χ2n) is 8.11. The molecule has 0 nitrogen and oxygen atoms in total. The number of halogens is 4. The van der Waals surface area contributed by atoms with Gasteiger partial charge in [-0.25, -0.2) is 0 Å². The molecule has 1 aliphatic carbocycles. The van der Waals surface area contributed by atoms with Crippen molar-refractivity contribution in [3.05, 3.63) is 155 Å². The summed E-state index contributed by atoms with van der Waals surface area (Å²) in [5, 5.41) is 0. The van der Waals surface area contributed by atoms with E-state index in [0.717, 1.165) is 33.4 Å². The number of alkyl halides is 4. The van der Waals surface area contributed by atoms with E-state index in [1.54, 1.807) is 0 Å². The van der Waals surface area contributed by atoms with Gasteiger partial charge in [-0.05, 0) is 33.4 Å². The Bertz CT molecular complexity index is 1160. The van der Waals surface area contributed by atoms with Crippen molar-refractivity contribution in [2.45, 2.75) is 8.67 Å². The van der Waals surface area contributed by atoms with Crippen LogP contribution in [0.25, 0.3) is 11.1 Å². The van der Waals surface area contributed by atoms with Crippen molar-refractivity contribution in [3.63, 3.8) is 0 Å². The van der Waals surface area contributed by atoms with Gasteiger partial charge in [-0.1, -0.05) is 168 Å². The van der Waals surface area contributed by atoms with E-state index in [9.17, 15) is 0 Å². The number of hydrogen-bond donors (Lipinski definition) is 0. The molecule has 5 rings (SSSR count). The van der Waals surface area contributed by atoms with Crippen LogP contribution in [0.5, 0.6) is 0 Å². The highest BCUT2D eigenvalue weighted by Gasteiger charge is 2.66. The molecule has 0 aromatic heterocycles. The standard InChI is InChI=1S/C30H20Cl4/c31-29(32)27(25(21-13-5-1-6-14-21)22-15-7-2-8-16-22)28(30(29,33)34)26(23-17-9-3-10-18-23)24-19-11-4-12-20-24/h1-20H. The third-order valence-corrected chi connectivity index (χ3v) is 8.30. The molecule has 0 radical (unpaired) electrons. The molecule has 0 N–H and O–H groups in total. The maximum absolute atomic E-state index is 6.98. The maximum Gasteiger partial charge on any atom is 0.181 e. The molecular formula is C30H20Cl4. The molecule has 0 bridgehead atoms. The van der Waals surface area contributed by atoms with E-state index in [0.29, 0.717) is 11.1 Å². The third kappa shape index (κ3) is 3.89. The van der Waals surface area contributed by atoms with Crippen LogP contribution in [0.15, 0.2) is 132 Å². The second-order valence-corrected chi connectivity index (χ2v) is 10.8. The summed E-state index contributed by atoms with van der Waals surface area (Å²) in [6, 6.07) is 40.3. The Hall–Kier alpha value is -2.48. The van der Waals surface area contributed by atoms with Crippen LogP contribution in [0.3, 0.4) is 0 Å². The highest BCUT2D eigenvalue weighted by molar-refractivity contribution is 6.69. The predicted octanol–water partition coefficient (Wildman–Crippen LogP) is 9.35. The minimum absolute atomic E-state index is 0.709. The van der Waals surface area contributed by atoms with E-state index in [1.807, 2.05) is 121 Å². The topological polar surface area (TPSA) is 0 Å². The normalized spacial score (nSPS) is 16.0. The molecule has 34 heavy (non-hydrogen) atoms. The summed E-state index contributed by atoms with van der Waals surface area (Å²) in [5.74, 6) is 0. The molecular weight excluding hydrogens is 502 g/mol. The fourth-order valence-electron chi connectivity index (χ4n) is 4.46. The molecule has 168 valence electrons. The van der Waals surface area contributed by atoms with Gasteiger partial charge in [0.25, 0.3) is 0 Å². The van der Waals surface area contributed by atoms with Crippen LogP contribution in [0.2, 0.25) is 0 Å². The molecule has 0 unspecified atom stereocenters. The zero-order chi connectivity index (χ0) is 23.8. The fourth-order valence-corrected chi connectivity index (χ4v) is 5.59. The molecule has 0 aliphatic heterocycles. The van der Waals surface area contributed by atoms with Crippen LogP contribution in [0.1, 0.15) is 22.3 Å². The molecule has 0 saturated heterocycles. The van der Waals surface area contributed by atoms with Gasteiger partial charge in [-0.2, -0.15) is 0 Å². The van der Waals surface area contributed by atoms with Crippen LogP contribution >= 0.6 is 46.4 Å². The van der Waals surface area contributed by atoms with Crippen LogP contribution in [-0.4, -0.2) is 8.67 Å². The maximum atomic E-state index is 6.98. The van der Waals surface area contributed by atoms with Gasteiger partial charge >= 0.3 is 0 Å². The summed E-state index contributed by atoms with van der Waals surface area (Å²) in [4.78, 5) is 0. The average molecular weight is 522 g/mol. The molecule has 0 atom stereocenters. The smallest absolute Gasteiger partial charge is 0.0925 e. The van der Waals surface area contributed by atoms with E-state index < -0.39 is 8.67 Å². The number of rotatable bonds is 4.